The standard InChI is InChI=1S/C24H21F3N4O4/c1-4-18(22(32)28-16-7-5-6-15(12-16)24(25,26)27)31-23(33)21-19(13(2)35-30-21)20(29-31)14-8-10-17(34-3)11-9-14/h5-12,18H,4H2,1-3H3,(H,28,32). The molecule has 2 aromatic carbocycles. The van der Waals surface area contributed by atoms with E-state index < -0.39 is 29.2 Å². The second-order valence-corrected chi connectivity index (χ2v) is 7.78. The van der Waals surface area contributed by atoms with E-state index in [1.54, 1.807) is 38.1 Å². The average Bonchev–Trinajstić information content (AvgIpc) is 3.23. The molecule has 0 aliphatic heterocycles. The van der Waals surface area contributed by atoms with E-state index in [4.69, 9.17) is 9.26 Å². The number of nitrogens with one attached hydrogen (secondary N) is 1. The summed E-state index contributed by atoms with van der Waals surface area (Å²) in [5.41, 5.74) is -0.617. The lowest BCUT2D eigenvalue weighted by Crippen LogP contribution is -2.35. The van der Waals surface area contributed by atoms with Gasteiger partial charge in [-0.25, -0.2) is 4.68 Å². The predicted molar refractivity (Wildman–Crippen MR) is 122 cm³/mol. The molecule has 1 amide bonds. The molecular weight excluding hydrogens is 465 g/mol. The fraction of sp³-hybridized carbons (Fsp3) is 0.250. The Balaban J connectivity index is 1.78. The monoisotopic (exact) mass is 486 g/mol. The lowest BCUT2D eigenvalue weighted by molar-refractivity contribution is -0.137. The first-order chi connectivity index (χ1) is 16.6. The number of amides is 1. The molecule has 4 rings (SSSR count). The van der Waals surface area contributed by atoms with Gasteiger partial charge in [0, 0.05) is 11.3 Å². The van der Waals surface area contributed by atoms with Crippen LogP contribution >= 0.6 is 0 Å². The van der Waals surface area contributed by atoms with Gasteiger partial charge in [-0.2, -0.15) is 18.3 Å². The zero-order chi connectivity index (χ0) is 25.3. The zero-order valence-corrected chi connectivity index (χ0v) is 19.0. The number of fused-ring (bicyclic) bond motifs is 1. The summed E-state index contributed by atoms with van der Waals surface area (Å²) < 4.78 is 50.6. The molecule has 182 valence electrons. The third kappa shape index (κ3) is 4.61. The SMILES string of the molecule is CCC(C(=O)Nc1cccc(C(F)(F)F)c1)n1nc(-c2ccc(OC)cc2)c2c(C)onc2c1=O. The number of hydrogen-bond acceptors (Lipinski definition) is 6. The van der Waals surface area contributed by atoms with E-state index in [0.717, 1.165) is 16.8 Å². The summed E-state index contributed by atoms with van der Waals surface area (Å²) in [5, 5.41) is 11.2. The Morgan fingerprint density at radius 1 is 1.20 bits per heavy atom. The van der Waals surface area contributed by atoms with Gasteiger partial charge in [-0.1, -0.05) is 18.1 Å². The van der Waals surface area contributed by atoms with E-state index in [2.05, 4.69) is 15.6 Å². The largest absolute Gasteiger partial charge is 0.497 e. The molecule has 8 nitrogen and oxygen atoms in total. The van der Waals surface area contributed by atoms with Crippen LogP contribution in [0.5, 0.6) is 5.75 Å². The van der Waals surface area contributed by atoms with Crippen molar-refractivity contribution in [2.45, 2.75) is 32.5 Å². The first-order valence-corrected chi connectivity index (χ1v) is 10.7. The van der Waals surface area contributed by atoms with Gasteiger partial charge >= 0.3 is 6.18 Å². The summed E-state index contributed by atoms with van der Waals surface area (Å²) >= 11 is 0. The van der Waals surface area contributed by atoms with Crippen LogP contribution in [0.15, 0.2) is 57.8 Å². The maximum atomic E-state index is 13.2. The number of aromatic nitrogens is 3. The third-order valence-electron chi connectivity index (χ3n) is 5.52. The van der Waals surface area contributed by atoms with Crippen molar-refractivity contribution in [3.63, 3.8) is 0 Å². The number of rotatable bonds is 6. The van der Waals surface area contributed by atoms with Gasteiger partial charge in [-0.05, 0) is 55.8 Å². The van der Waals surface area contributed by atoms with Crippen LogP contribution < -0.4 is 15.6 Å². The molecule has 1 N–H and O–H groups in total. The second-order valence-electron chi connectivity index (χ2n) is 7.78. The fourth-order valence-electron chi connectivity index (χ4n) is 3.74. The topological polar surface area (TPSA) is 99.2 Å². The average molecular weight is 486 g/mol. The minimum absolute atomic E-state index is 0.00589. The van der Waals surface area contributed by atoms with E-state index in [9.17, 15) is 22.8 Å². The third-order valence-corrected chi connectivity index (χ3v) is 5.52. The van der Waals surface area contributed by atoms with Gasteiger partial charge < -0.3 is 14.6 Å². The van der Waals surface area contributed by atoms with Crippen molar-refractivity contribution in [1.82, 2.24) is 14.9 Å². The van der Waals surface area contributed by atoms with Crippen molar-refractivity contribution in [1.29, 1.82) is 0 Å². The van der Waals surface area contributed by atoms with E-state index in [0.29, 0.717) is 28.2 Å². The molecule has 4 aromatic rings. The van der Waals surface area contributed by atoms with Crippen molar-refractivity contribution in [2.75, 3.05) is 12.4 Å². The molecule has 0 spiro atoms. The van der Waals surface area contributed by atoms with Crippen LogP contribution in [0.1, 0.15) is 30.7 Å². The highest BCUT2D eigenvalue weighted by Crippen LogP contribution is 2.32. The molecule has 0 saturated heterocycles. The smallest absolute Gasteiger partial charge is 0.416 e. The van der Waals surface area contributed by atoms with Gasteiger partial charge in [-0.3, -0.25) is 9.59 Å². The number of anilines is 1. The Morgan fingerprint density at radius 3 is 2.54 bits per heavy atom. The van der Waals surface area contributed by atoms with Crippen molar-refractivity contribution in [3.8, 4) is 17.0 Å². The van der Waals surface area contributed by atoms with Crippen LogP contribution in [0.4, 0.5) is 18.9 Å². The first-order valence-electron chi connectivity index (χ1n) is 10.7. The van der Waals surface area contributed by atoms with Gasteiger partial charge in [0.2, 0.25) is 5.91 Å². The molecule has 1 unspecified atom stereocenters. The Hall–Kier alpha value is -4.15. The highest BCUT2D eigenvalue weighted by atomic mass is 19.4. The predicted octanol–water partition coefficient (Wildman–Crippen LogP) is 4.98. The molecule has 2 aromatic heterocycles. The Morgan fingerprint density at radius 2 is 1.91 bits per heavy atom. The lowest BCUT2D eigenvalue weighted by atomic mass is 10.1. The van der Waals surface area contributed by atoms with Crippen LogP contribution in [-0.4, -0.2) is 28.0 Å². The van der Waals surface area contributed by atoms with Crippen molar-refractivity contribution in [3.05, 3.63) is 70.2 Å². The number of carbonyl (C=O) groups is 1. The molecule has 11 heteroatoms. The van der Waals surface area contributed by atoms with Gasteiger partial charge in [0.05, 0.1) is 18.1 Å². The van der Waals surface area contributed by atoms with Crippen LogP contribution in [0.2, 0.25) is 0 Å². The summed E-state index contributed by atoms with van der Waals surface area (Å²) in [7, 11) is 1.53. The fourth-order valence-corrected chi connectivity index (χ4v) is 3.74. The number of benzene rings is 2. The van der Waals surface area contributed by atoms with Gasteiger partial charge in [0.15, 0.2) is 5.52 Å². The van der Waals surface area contributed by atoms with E-state index in [-0.39, 0.29) is 17.6 Å². The van der Waals surface area contributed by atoms with Crippen LogP contribution in [0.3, 0.4) is 0 Å². The summed E-state index contributed by atoms with van der Waals surface area (Å²) in [4.78, 5) is 26.3. The molecule has 0 aliphatic carbocycles. The van der Waals surface area contributed by atoms with Crippen molar-refractivity contribution >= 4 is 22.5 Å². The highest BCUT2D eigenvalue weighted by Gasteiger charge is 2.31. The van der Waals surface area contributed by atoms with Gasteiger partial charge in [-0.15, -0.1) is 0 Å². The quantitative estimate of drug-likeness (QED) is 0.413. The molecule has 2 heterocycles. The normalized spacial score (nSPS) is 12.5. The number of carbonyl (C=O) groups excluding carboxylic acids is 1. The lowest BCUT2D eigenvalue weighted by Gasteiger charge is -2.18. The second kappa shape index (κ2) is 9.24. The number of halogens is 3. The summed E-state index contributed by atoms with van der Waals surface area (Å²) in [6.45, 7) is 3.31. The molecular formula is C24H21F3N4O4. The van der Waals surface area contributed by atoms with Crippen LogP contribution in [0, 0.1) is 6.92 Å². The first kappa shape index (κ1) is 24.0. The molecule has 35 heavy (non-hydrogen) atoms. The molecule has 0 aliphatic rings. The highest BCUT2D eigenvalue weighted by molar-refractivity contribution is 5.95. The zero-order valence-electron chi connectivity index (χ0n) is 19.0. The summed E-state index contributed by atoms with van der Waals surface area (Å²) in [6.07, 6.45) is -4.42. The van der Waals surface area contributed by atoms with Crippen LogP contribution in [0.25, 0.3) is 22.2 Å². The molecule has 0 saturated carbocycles. The Kier molecular flexibility index (Phi) is 6.33. The summed E-state index contributed by atoms with van der Waals surface area (Å²) in [5.74, 6) is 0.304. The van der Waals surface area contributed by atoms with Crippen molar-refractivity contribution in [2.24, 2.45) is 0 Å². The van der Waals surface area contributed by atoms with Crippen molar-refractivity contribution < 1.29 is 27.2 Å². The minimum Gasteiger partial charge on any atom is -0.497 e. The number of hydrogen-bond donors (Lipinski definition) is 1. The Labute approximate surface area is 197 Å². The van der Waals surface area contributed by atoms with E-state index >= 15 is 0 Å². The number of methoxy groups -OCH3 is 1. The van der Waals surface area contributed by atoms with Gasteiger partial charge in [0.1, 0.15) is 23.2 Å². The number of aryl methyl sites for hydroxylation is 1. The molecule has 0 bridgehead atoms. The molecule has 0 fully saturated rings. The number of nitrogens with zero attached hydrogens (tertiary/aromatic N) is 3. The van der Waals surface area contributed by atoms with Crippen LogP contribution in [-0.2, 0) is 11.0 Å². The minimum atomic E-state index is -4.56. The van der Waals surface area contributed by atoms with E-state index in [1.165, 1.54) is 19.2 Å². The summed E-state index contributed by atoms with van der Waals surface area (Å²) in [6, 6.07) is 10.1. The maximum Gasteiger partial charge on any atom is 0.416 e. The number of alkyl halides is 3. The maximum absolute atomic E-state index is 13.2. The van der Waals surface area contributed by atoms with E-state index in [1.807, 2.05) is 0 Å². The molecule has 0 radical (unpaired) electrons. The Bertz CT molecular complexity index is 1440. The van der Waals surface area contributed by atoms with Gasteiger partial charge in [0.25, 0.3) is 5.56 Å². The number of ether oxygens (including phenoxy) is 1. The molecule has 1 atom stereocenters.